The molecule has 0 aromatic carbocycles. The summed E-state index contributed by atoms with van der Waals surface area (Å²) < 4.78 is 19.8. The molecule has 4 nitrogen and oxygen atoms in total. The van der Waals surface area contributed by atoms with Gasteiger partial charge in [0.25, 0.3) is 0 Å². The molecule has 0 aliphatic rings. The maximum Gasteiger partial charge on any atom is -1.00 e. The van der Waals surface area contributed by atoms with Crippen LogP contribution >= 0.6 is 0 Å². The van der Waals surface area contributed by atoms with Crippen molar-refractivity contribution in [1.82, 2.24) is 0 Å². The standard InChI is InChI=1S/2C3H7O2.Al.H/c2*1-2-5-3-4;;/h2*2-3H2,1H3;;/q2*-1;+3;-1. The first-order valence-electron chi connectivity index (χ1n) is 3.62. The number of hydrogen-bond donors (Lipinski definition) is 0. The van der Waals surface area contributed by atoms with Crippen LogP contribution in [0.2, 0.25) is 0 Å². The van der Waals surface area contributed by atoms with Gasteiger partial charge in [0, 0.05) is 0 Å². The SMILES string of the molecule is CCOC[O][Al+][O]COCC.[H-]. The molecule has 0 aromatic heterocycles. The van der Waals surface area contributed by atoms with Crippen molar-refractivity contribution >= 4 is 15.9 Å². The Morgan fingerprint density at radius 3 is 1.82 bits per heavy atom. The van der Waals surface area contributed by atoms with Crippen molar-refractivity contribution in [3.05, 3.63) is 0 Å². The van der Waals surface area contributed by atoms with Gasteiger partial charge in [0.2, 0.25) is 0 Å². The molecule has 0 aliphatic carbocycles. The van der Waals surface area contributed by atoms with E-state index in [1.165, 1.54) is 0 Å². The number of ether oxygens (including phenoxy) is 2. The van der Waals surface area contributed by atoms with Crippen LogP contribution < -0.4 is 0 Å². The second-order valence-electron chi connectivity index (χ2n) is 1.65. The number of rotatable bonds is 8. The van der Waals surface area contributed by atoms with E-state index in [4.69, 9.17) is 17.1 Å². The zero-order valence-corrected chi connectivity index (χ0v) is 8.19. The van der Waals surface area contributed by atoms with E-state index in [2.05, 4.69) is 0 Å². The first-order valence-corrected chi connectivity index (χ1v) is 4.56. The topological polar surface area (TPSA) is 36.9 Å². The second-order valence-corrected chi connectivity index (χ2v) is 2.51. The molecule has 11 heavy (non-hydrogen) atoms. The molecule has 0 saturated carbocycles. The molecule has 0 aromatic rings. The third-order valence-electron chi connectivity index (χ3n) is 0.847. The van der Waals surface area contributed by atoms with Gasteiger partial charge in [-0.3, -0.25) is 0 Å². The molecular weight excluding hydrogens is 163 g/mol. The van der Waals surface area contributed by atoms with Crippen molar-refractivity contribution in [1.29, 1.82) is 0 Å². The number of hydrogen-bond acceptors (Lipinski definition) is 4. The van der Waals surface area contributed by atoms with E-state index in [1.807, 2.05) is 13.8 Å². The maximum absolute atomic E-state index is 4.98. The van der Waals surface area contributed by atoms with Gasteiger partial charge >= 0.3 is 73.6 Å². The Kier molecular flexibility index (Phi) is 10.7. The Bertz CT molecular complexity index is 68.6. The van der Waals surface area contributed by atoms with E-state index in [9.17, 15) is 0 Å². The zero-order chi connectivity index (χ0) is 8.36. The van der Waals surface area contributed by atoms with Gasteiger partial charge in [-0.15, -0.1) is 0 Å². The van der Waals surface area contributed by atoms with Crippen LogP contribution in [0.25, 0.3) is 0 Å². The summed E-state index contributed by atoms with van der Waals surface area (Å²) in [6, 6.07) is 0. The Morgan fingerprint density at radius 2 is 1.45 bits per heavy atom. The molecule has 0 radical (unpaired) electrons. The molecule has 0 N–H and O–H groups in total. The summed E-state index contributed by atoms with van der Waals surface area (Å²) in [7, 11) is 0. The van der Waals surface area contributed by atoms with Gasteiger partial charge in [-0.25, -0.2) is 0 Å². The molecule has 0 atom stereocenters. The summed E-state index contributed by atoms with van der Waals surface area (Å²) in [6.07, 6.45) is 0. The predicted molar refractivity (Wildman–Crippen MR) is 42.0 cm³/mol. The molecule has 66 valence electrons. The van der Waals surface area contributed by atoms with E-state index in [0.29, 0.717) is 26.8 Å². The molecule has 0 saturated heterocycles. The van der Waals surface area contributed by atoms with Gasteiger partial charge in [-0.2, -0.15) is 0 Å². The molecule has 0 heterocycles. The monoisotopic (exact) mass is 178 g/mol. The molecular formula is C6H15AlO4. The minimum absolute atomic E-state index is 0. The average Bonchev–Trinajstić information content (AvgIpc) is 2.03. The summed E-state index contributed by atoms with van der Waals surface area (Å²) >= 11 is -0.439. The van der Waals surface area contributed by atoms with Crippen molar-refractivity contribution in [3.8, 4) is 0 Å². The smallest absolute Gasteiger partial charge is 1.00 e. The molecule has 5 heteroatoms. The average molecular weight is 178 g/mol. The summed E-state index contributed by atoms with van der Waals surface area (Å²) in [4.78, 5) is 0. The Hall–Kier alpha value is 0.372. The maximum atomic E-state index is 4.98. The van der Waals surface area contributed by atoms with E-state index >= 15 is 0 Å². The van der Waals surface area contributed by atoms with Crippen LogP contribution in [-0.2, 0) is 17.1 Å². The quantitative estimate of drug-likeness (QED) is 0.311. The van der Waals surface area contributed by atoms with Crippen LogP contribution in [0.5, 0.6) is 0 Å². The Morgan fingerprint density at radius 1 is 1.00 bits per heavy atom. The van der Waals surface area contributed by atoms with Crippen LogP contribution in [0.4, 0.5) is 0 Å². The van der Waals surface area contributed by atoms with Crippen LogP contribution in [0.15, 0.2) is 0 Å². The first-order chi connectivity index (χ1) is 5.41. The van der Waals surface area contributed by atoms with Gasteiger partial charge in [0.15, 0.2) is 0 Å². The van der Waals surface area contributed by atoms with Gasteiger partial charge in [0.05, 0.1) is 0 Å². The second kappa shape index (κ2) is 10.4. The van der Waals surface area contributed by atoms with Crippen LogP contribution in [0.1, 0.15) is 15.3 Å². The summed E-state index contributed by atoms with van der Waals surface area (Å²) in [5.74, 6) is 0. The molecule has 0 bridgehead atoms. The fraction of sp³-hybridized carbons (Fsp3) is 1.00. The largest absolute Gasteiger partial charge is 1.00 e. The minimum atomic E-state index is -0.439. The van der Waals surface area contributed by atoms with Crippen LogP contribution in [0, 0.1) is 0 Å². The third kappa shape index (κ3) is 10.4. The predicted octanol–water partition coefficient (Wildman–Crippen LogP) is 0.654. The van der Waals surface area contributed by atoms with Crippen molar-refractivity contribution < 1.29 is 18.5 Å². The fourth-order valence-electron chi connectivity index (χ4n) is 0.367. The van der Waals surface area contributed by atoms with Crippen LogP contribution in [0.3, 0.4) is 0 Å². The van der Waals surface area contributed by atoms with E-state index in [1.54, 1.807) is 0 Å². The zero-order valence-electron chi connectivity index (χ0n) is 8.04. The third-order valence-corrected chi connectivity index (χ3v) is 1.39. The molecule has 0 unspecified atom stereocenters. The molecule has 0 aliphatic heterocycles. The Labute approximate surface area is 75.6 Å². The first kappa shape index (κ1) is 11.4. The van der Waals surface area contributed by atoms with Gasteiger partial charge in [-0.1, -0.05) is 0 Å². The van der Waals surface area contributed by atoms with Gasteiger partial charge in [-0.05, 0) is 0 Å². The van der Waals surface area contributed by atoms with Crippen molar-refractivity contribution in [3.63, 3.8) is 0 Å². The Balaban J connectivity index is 0. The van der Waals surface area contributed by atoms with E-state index in [0.717, 1.165) is 0 Å². The molecule has 0 rings (SSSR count). The molecule has 0 fully saturated rings. The van der Waals surface area contributed by atoms with E-state index < -0.39 is 15.9 Å². The van der Waals surface area contributed by atoms with Gasteiger partial charge in [0.1, 0.15) is 0 Å². The summed E-state index contributed by atoms with van der Waals surface area (Å²) in [5, 5.41) is 0. The molecule has 0 amide bonds. The molecule has 0 spiro atoms. The minimum Gasteiger partial charge on any atom is -1.00 e. The van der Waals surface area contributed by atoms with Crippen molar-refractivity contribution in [2.75, 3.05) is 26.8 Å². The van der Waals surface area contributed by atoms with Crippen LogP contribution in [-0.4, -0.2) is 42.7 Å². The van der Waals surface area contributed by atoms with Crippen molar-refractivity contribution in [2.45, 2.75) is 13.8 Å². The van der Waals surface area contributed by atoms with E-state index in [-0.39, 0.29) is 1.43 Å². The summed E-state index contributed by atoms with van der Waals surface area (Å²) in [5.41, 5.74) is 0. The normalized spacial score (nSPS) is 9.64. The van der Waals surface area contributed by atoms with Crippen molar-refractivity contribution in [2.24, 2.45) is 0 Å². The summed E-state index contributed by atoms with van der Waals surface area (Å²) in [6.45, 7) is 5.81. The fourth-order valence-corrected chi connectivity index (χ4v) is 0.766. The van der Waals surface area contributed by atoms with Gasteiger partial charge < -0.3 is 1.43 Å².